The van der Waals surface area contributed by atoms with Gasteiger partial charge in [-0.3, -0.25) is 24.4 Å². The molecule has 0 heterocycles. The third kappa shape index (κ3) is 8.83. The predicted octanol–water partition coefficient (Wildman–Crippen LogP) is 7.53. The minimum atomic E-state index is -2.06. The molecule has 286 valence electrons. The van der Waals surface area contributed by atoms with Crippen LogP contribution in [0.5, 0.6) is 46.0 Å². The lowest BCUT2D eigenvalue weighted by atomic mass is 10.1. The number of rotatable bonds is 18. The normalized spacial score (nSPS) is 12.8. The average molecular weight is 765 g/mol. The molecule has 0 spiro atoms. The molecular formula is C38H40N2O13S. The van der Waals surface area contributed by atoms with Crippen molar-refractivity contribution >= 4 is 34.3 Å². The van der Waals surface area contributed by atoms with E-state index in [1.165, 1.54) is 81.1 Å². The fraction of sp³-hybridized carbons (Fsp3) is 0.263. The number of nitrogens with zero attached hydrogens (tertiary/aromatic N) is 2. The summed E-state index contributed by atoms with van der Waals surface area (Å²) in [5.74, 6) is 2.39. The second-order valence-electron chi connectivity index (χ2n) is 11.2. The van der Waals surface area contributed by atoms with Gasteiger partial charge in [0.15, 0.2) is 11.5 Å². The van der Waals surface area contributed by atoms with Gasteiger partial charge in [-0.1, -0.05) is 24.3 Å². The molecule has 0 aliphatic rings. The van der Waals surface area contributed by atoms with Crippen LogP contribution in [0.15, 0.2) is 72.8 Å². The molecule has 0 fully saturated rings. The Morgan fingerprint density at radius 2 is 0.815 bits per heavy atom. The van der Waals surface area contributed by atoms with Gasteiger partial charge in [0.25, 0.3) is 0 Å². The van der Waals surface area contributed by atoms with Crippen LogP contribution in [0.4, 0.5) is 11.4 Å². The Bertz CT molecular complexity index is 1890. The molecule has 4 rings (SSSR count). The standard InChI is InChI=1S/C38H40N2O13S/c1-46-25-19-33(50-5)27(34(20-25)51-6)11-15-37(23-9-13-31(48-3)29(17-23)39(41)42)54(45)38(24-10-14-32(49-4)30(18-24)40(43)44)16-12-28-35(52-7)21-26(47-2)22-36(28)53-8/h9-22,37-38H,1-8H3/b15-11+,16-12+. The number of methoxy groups -OCH3 is 8. The lowest BCUT2D eigenvalue weighted by Crippen LogP contribution is -2.13. The Balaban J connectivity index is 2.03. The van der Waals surface area contributed by atoms with Crippen LogP contribution in [0.2, 0.25) is 0 Å². The second kappa shape index (κ2) is 18.5. The van der Waals surface area contributed by atoms with Gasteiger partial charge < -0.3 is 37.9 Å². The Labute approximate surface area is 314 Å². The summed E-state index contributed by atoms with van der Waals surface area (Å²) in [4.78, 5) is 23.1. The number of nitro benzene ring substituents is 2. The van der Waals surface area contributed by atoms with Crippen molar-refractivity contribution in [3.05, 3.63) is 115 Å². The van der Waals surface area contributed by atoms with Gasteiger partial charge in [0.05, 0.1) is 88.4 Å². The monoisotopic (exact) mass is 764 g/mol. The molecule has 0 aromatic heterocycles. The van der Waals surface area contributed by atoms with Crippen molar-refractivity contribution in [2.75, 3.05) is 56.9 Å². The maximum Gasteiger partial charge on any atom is 0.311 e. The SMILES string of the molecule is COc1cc(OC)c(/C=C/C(c2ccc(OC)c([N+](=O)[O-])c2)S(=O)C(/C=C/c2c(OC)cc(OC)cc2OC)c2ccc(OC)c([N+](=O)[O-])c2)c(OC)c1. The summed E-state index contributed by atoms with van der Waals surface area (Å²) in [7, 11) is 9.39. The fourth-order valence-electron chi connectivity index (χ4n) is 5.62. The highest BCUT2D eigenvalue weighted by atomic mass is 32.2. The summed E-state index contributed by atoms with van der Waals surface area (Å²) in [5.41, 5.74) is 0.778. The van der Waals surface area contributed by atoms with Crippen molar-refractivity contribution in [3.63, 3.8) is 0 Å². The molecule has 0 radical (unpaired) electrons. The van der Waals surface area contributed by atoms with Gasteiger partial charge in [0, 0.05) is 47.2 Å². The second-order valence-corrected chi connectivity index (χ2v) is 12.8. The lowest BCUT2D eigenvalue weighted by molar-refractivity contribution is -0.385. The molecule has 4 aromatic rings. The Hall–Kier alpha value is -6.29. The minimum absolute atomic E-state index is 0.00308. The molecule has 16 heteroatoms. The summed E-state index contributed by atoms with van der Waals surface area (Å²) < 4.78 is 58.9. The molecule has 0 N–H and O–H groups in total. The molecule has 0 saturated heterocycles. The third-order valence-electron chi connectivity index (χ3n) is 8.34. The molecule has 0 bridgehead atoms. The Kier molecular flexibility index (Phi) is 13.8. The highest BCUT2D eigenvalue weighted by Gasteiger charge is 2.30. The minimum Gasteiger partial charge on any atom is -0.496 e. The average Bonchev–Trinajstić information content (AvgIpc) is 3.20. The zero-order valence-electron chi connectivity index (χ0n) is 30.8. The first-order valence-electron chi connectivity index (χ1n) is 16.0. The number of nitro groups is 2. The largest absolute Gasteiger partial charge is 0.496 e. The van der Waals surface area contributed by atoms with Crippen LogP contribution in [0.3, 0.4) is 0 Å². The molecule has 2 atom stereocenters. The molecule has 2 unspecified atom stereocenters. The van der Waals surface area contributed by atoms with Crippen LogP contribution in [0, 0.1) is 20.2 Å². The number of benzene rings is 4. The topological polar surface area (TPSA) is 177 Å². The first-order chi connectivity index (χ1) is 26.0. The lowest BCUT2D eigenvalue weighted by Gasteiger charge is -2.21. The maximum absolute atomic E-state index is 15.2. The maximum atomic E-state index is 15.2. The molecule has 54 heavy (non-hydrogen) atoms. The van der Waals surface area contributed by atoms with E-state index in [1.807, 2.05) is 0 Å². The van der Waals surface area contributed by atoms with E-state index >= 15 is 4.21 Å². The van der Waals surface area contributed by atoms with Gasteiger partial charge in [0.1, 0.15) is 34.5 Å². The van der Waals surface area contributed by atoms with Crippen molar-refractivity contribution in [2.45, 2.75) is 10.5 Å². The number of hydrogen-bond donors (Lipinski definition) is 0. The summed E-state index contributed by atoms with van der Waals surface area (Å²) >= 11 is 0. The van der Waals surface area contributed by atoms with Crippen LogP contribution >= 0.6 is 0 Å². The Morgan fingerprint density at radius 1 is 0.500 bits per heavy atom. The van der Waals surface area contributed by atoms with Gasteiger partial charge in [-0.25, -0.2) is 0 Å². The van der Waals surface area contributed by atoms with Crippen molar-refractivity contribution in [1.82, 2.24) is 0 Å². The van der Waals surface area contributed by atoms with Crippen molar-refractivity contribution in [3.8, 4) is 46.0 Å². The third-order valence-corrected chi connectivity index (χ3v) is 10.2. The van der Waals surface area contributed by atoms with Gasteiger partial charge in [-0.05, 0) is 35.4 Å². The summed E-state index contributed by atoms with van der Waals surface area (Å²) in [5, 5.41) is 22.1. The van der Waals surface area contributed by atoms with E-state index in [0.717, 1.165) is 0 Å². The van der Waals surface area contributed by atoms with E-state index in [9.17, 15) is 20.2 Å². The van der Waals surface area contributed by atoms with Crippen molar-refractivity contribution in [1.29, 1.82) is 0 Å². The molecule has 0 saturated carbocycles. The van der Waals surface area contributed by atoms with E-state index < -0.39 is 31.1 Å². The molecular weight excluding hydrogens is 724 g/mol. The first kappa shape index (κ1) is 40.5. The van der Waals surface area contributed by atoms with Crippen molar-refractivity contribution in [2.24, 2.45) is 0 Å². The highest BCUT2D eigenvalue weighted by Crippen LogP contribution is 2.42. The summed E-state index contributed by atoms with van der Waals surface area (Å²) in [6.45, 7) is 0. The molecule has 0 aliphatic carbocycles. The molecule has 4 aromatic carbocycles. The molecule has 0 aliphatic heterocycles. The van der Waals surface area contributed by atoms with E-state index in [2.05, 4.69) is 0 Å². The Morgan fingerprint density at radius 3 is 1.07 bits per heavy atom. The summed E-state index contributed by atoms with van der Waals surface area (Å²) in [6.07, 6.45) is 6.45. The number of hydrogen-bond acceptors (Lipinski definition) is 13. The van der Waals surface area contributed by atoms with Gasteiger partial charge >= 0.3 is 11.4 Å². The van der Waals surface area contributed by atoms with E-state index in [1.54, 1.807) is 60.7 Å². The first-order valence-corrected chi connectivity index (χ1v) is 17.3. The van der Waals surface area contributed by atoms with Crippen LogP contribution in [-0.4, -0.2) is 70.9 Å². The van der Waals surface area contributed by atoms with Gasteiger partial charge in [-0.15, -0.1) is 0 Å². The van der Waals surface area contributed by atoms with Gasteiger partial charge in [-0.2, -0.15) is 0 Å². The van der Waals surface area contributed by atoms with Crippen LogP contribution in [0.25, 0.3) is 12.2 Å². The van der Waals surface area contributed by atoms with E-state index in [0.29, 0.717) is 45.6 Å². The smallest absolute Gasteiger partial charge is 0.311 e. The molecule has 0 amide bonds. The van der Waals surface area contributed by atoms with Crippen LogP contribution < -0.4 is 37.9 Å². The predicted molar refractivity (Wildman–Crippen MR) is 203 cm³/mol. The van der Waals surface area contributed by atoms with Crippen molar-refractivity contribution < 1.29 is 52.0 Å². The highest BCUT2D eigenvalue weighted by molar-refractivity contribution is 7.85. The van der Waals surface area contributed by atoms with E-state index in [-0.39, 0.29) is 34.0 Å². The fourth-order valence-corrected chi connectivity index (χ4v) is 7.23. The summed E-state index contributed by atoms with van der Waals surface area (Å²) in [6, 6.07) is 15.1. The molecule has 15 nitrogen and oxygen atoms in total. The van der Waals surface area contributed by atoms with Gasteiger partial charge in [0.2, 0.25) is 0 Å². The van der Waals surface area contributed by atoms with E-state index in [4.69, 9.17) is 37.9 Å². The van der Waals surface area contributed by atoms with Crippen LogP contribution in [-0.2, 0) is 10.8 Å². The number of ether oxygens (including phenoxy) is 8. The quantitative estimate of drug-likeness (QED) is 0.0718. The zero-order chi connectivity index (χ0) is 39.5. The van der Waals surface area contributed by atoms with Crippen LogP contribution in [0.1, 0.15) is 32.8 Å². The zero-order valence-corrected chi connectivity index (χ0v) is 31.7.